The van der Waals surface area contributed by atoms with Crippen LogP contribution in [0, 0.1) is 18.3 Å². The number of aliphatic hydroxyl groups is 1. The molecule has 0 amide bonds. The van der Waals surface area contributed by atoms with Gasteiger partial charge in [0, 0.05) is 0 Å². The zero-order chi connectivity index (χ0) is 20.3. The van der Waals surface area contributed by atoms with Gasteiger partial charge in [0.25, 0.3) is 0 Å². The van der Waals surface area contributed by atoms with E-state index >= 15 is 0 Å². The van der Waals surface area contributed by atoms with Crippen molar-refractivity contribution in [3.05, 3.63) is 35.5 Å². The Labute approximate surface area is 169 Å². The van der Waals surface area contributed by atoms with E-state index in [2.05, 4.69) is 23.0 Å². The third kappa shape index (κ3) is 3.93. The molecule has 146 valence electrons. The molecule has 3 heterocycles. The molecule has 9 nitrogen and oxygen atoms in total. The molecular formula is C18H23AsN8O. The monoisotopic (exact) mass is 442 g/mol. The average molecular weight is 442 g/mol. The Morgan fingerprint density at radius 3 is 2.93 bits per heavy atom. The SMILES string of the molecule is Cc1ccn2nc(C(C)[AsH]c3ncnc(N)c3C#N)nc(N(C)CCCO)c12. The predicted molar refractivity (Wildman–Crippen MR) is 109 cm³/mol. The Balaban J connectivity index is 1.99. The summed E-state index contributed by atoms with van der Waals surface area (Å²) in [6.45, 7) is 4.91. The van der Waals surface area contributed by atoms with Crippen LogP contribution in [0.25, 0.3) is 5.52 Å². The van der Waals surface area contributed by atoms with Crippen LogP contribution in [0.15, 0.2) is 18.6 Å². The summed E-state index contributed by atoms with van der Waals surface area (Å²) in [6.07, 6.45) is 3.99. The summed E-state index contributed by atoms with van der Waals surface area (Å²) in [5.74, 6) is 1.75. The van der Waals surface area contributed by atoms with Crippen LogP contribution >= 0.6 is 0 Å². The van der Waals surface area contributed by atoms with Gasteiger partial charge in [-0.25, -0.2) is 0 Å². The van der Waals surface area contributed by atoms with Gasteiger partial charge in [0.1, 0.15) is 0 Å². The Morgan fingerprint density at radius 1 is 1.43 bits per heavy atom. The molecule has 3 rings (SSSR count). The number of aromatic nitrogens is 5. The number of nitrogens with two attached hydrogens (primary N) is 1. The number of nitriles is 1. The molecule has 3 aromatic heterocycles. The first-order chi connectivity index (χ1) is 13.5. The van der Waals surface area contributed by atoms with Crippen LogP contribution in [-0.2, 0) is 0 Å². The Kier molecular flexibility index (Phi) is 6.12. The van der Waals surface area contributed by atoms with Crippen molar-refractivity contribution in [2.45, 2.75) is 25.0 Å². The number of fused-ring (bicyclic) bond motifs is 1. The van der Waals surface area contributed by atoms with Crippen LogP contribution in [-0.4, -0.2) is 65.6 Å². The Morgan fingerprint density at radius 2 is 2.21 bits per heavy atom. The van der Waals surface area contributed by atoms with Crippen molar-refractivity contribution in [2.24, 2.45) is 0 Å². The molecule has 0 saturated carbocycles. The van der Waals surface area contributed by atoms with Crippen LogP contribution in [0.4, 0.5) is 11.6 Å². The van der Waals surface area contributed by atoms with E-state index in [0.717, 1.165) is 16.9 Å². The number of nitrogen functional groups attached to an aromatic ring is 1. The quantitative estimate of drug-likeness (QED) is 0.487. The third-order valence-electron chi connectivity index (χ3n) is 4.45. The van der Waals surface area contributed by atoms with Crippen molar-refractivity contribution < 1.29 is 5.11 Å². The van der Waals surface area contributed by atoms with Crippen molar-refractivity contribution in [3.8, 4) is 6.07 Å². The van der Waals surface area contributed by atoms with Gasteiger partial charge in [-0.15, -0.1) is 0 Å². The molecule has 0 spiro atoms. The van der Waals surface area contributed by atoms with E-state index in [1.54, 1.807) is 0 Å². The first-order valence-corrected chi connectivity index (χ1v) is 11.2. The maximum absolute atomic E-state index is 9.37. The molecule has 28 heavy (non-hydrogen) atoms. The van der Waals surface area contributed by atoms with Crippen LogP contribution in [0.5, 0.6) is 0 Å². The second-order valence-electron chi connectivity index (χ2n) is 6.54. The standard InChI is InChI=1S/C18H23AsN8O/c1-11-5-7-27-14(11)18(26(3)6-4-8-28)24-17(25-27)12(2)19-15-13(9-20)16(21)23-10-22-15/h5,7,10,12,19,28H,4,6,8H2,1-3H3,(H2,21,22,23). The number of hydrogen-bond donors (Lipinski definition) is 2. The van der Waals surface area contributed by atoms with Gasteiger partial charge >= 0.3 is 170 Å². The Bertz CT molecular complexity index is 1030. The number of aryl methyl sites for hydroxylation is 1. The molecular weight excluding hydrogens is 419 g/mol. The maximum atomic E-state index is 9.37. The van der Waals surface area contributed by atoms with Gasteiger partial charge in [-0.2, -0.15) is 0 Å². The van der Waals surface area contributed by atoms with Crippen molar-refractivity contribution >= 4 is 37.4 Å². The molecule has 2 atom stereocenters. The summed E-state index contributed by atoms with van der Waals surface area (Å²) in [4.78, 5) is 15.1. The summed E-state index contributed by atoms with van der Waals surface area (Å²) >= 11 is -0.864. The van der Waals surface area contributed by atoms with E-state index in [-0.39, 0.29) is 17.1 Å². The molecule has 0 radical (unpaired) electrons. The zero-order valence-corrected chi connectivity index (χ0v) is 18.2. The molecule has 3 N–H and O–H groups in total. The van der Waals surface area contributed by atoms with Crippen LogP contribution in [0.2, 0.25) is 0 Å². The second kappa shape index (κ2) is 8.55. The van der Waals surface area contributed by atoms with E-state index in [0.29, 0.717) is 28.8 Å². The van der Waals surface area contributed by atoms with Gasteiger partial charge in [-0.3, -0.25) is 0 Å². The number of anilines is 2. The van der Waals surface area contributed by atoms with Gasteiger partial charge in [-0.05, 0) is 0 Å². The molecule has 3 aromatic rings. The minimum atomic E-state index is -0.864. The molecule has 10 heteroatoms. The van der Waals surface area contributed by atoms with Gasteiger partial charge in [0.2, 0.25) is 0 Å². The fourth-order valence-electron chi connectivity index (χ4n) is 2.92. The van der Waals surface area contributed by atoms with E-state index in [1.807, 2.05) is 35.6 Å². The molecule has 0 aromatic carbocycles. The number of rotatable bonds is 7. The van der Waals surface area contributed by atoms with Gasteiger partial charge in [0.15, 0.2) is 0 Å². The summed E-state index contributed by atoms with van der Waals surface area (Å²) in [6, 6.07) is 4.12. The van der Waals surface area contributed by atoms with Crippen LogP contribution in [0.3, 0.4) is 0 Å². The predicted octanol–water partition coefficient (Wildman–Crippen LogP) is -0.0768. The molecule has 0 fully saturated rings. The first-order valence-electron chi connectivity index (χ1n) is 8.91. The van der Waals surface area contributed by atoms with E-state index < -0.39 is 15.8 Å². The minimum absolute atomic E-state index is 0.0403. The van der Waals surface area contributed by atoms with Crippen molar-refractivity contribution in [2.75, 3.05) is 30.8 Å². The fraction of sp³-hybridized carbons (Fsp3) is 0.389. The average Bonchev–Trinajstić information content (AvgIpc) is 3.06. The summed E-state index contributed by atoms with van der Waals surface area (Å²) < 4.78 is 2.61. The zero-order valence-electron chi connectivity index (χ0n) is 16.1. The van der Waals surface area contributed by atoms with Crippen LogP contribution in [0.1, 0.15) is 35.0 Å². The number of hydrogen-bond acceptors (Lipinski definition) is 8. The van der Waals surface area contributed by atoms with E-state index in [1.165, 1.54) is 6.33 Å². The number of nitrogens with zero attached hydrogens (tertiary/aromatic N) is 7. The third-order valence-corrected chi connectivity index (χ3v) is 7.27. The second-order valence-corrected chi connectivity index (χ2v) is 9.96. The van der Waals surface area contributed by atoms with Crippen molar-refractivity contribution in [1.82, 2.24) is 24.6 Å². The number of aliphatic hydroxyl groups excluding tert-OH is 1. The van der Waals surface area contributed by atoms with E-state index in [9.17, 15) is 5.26 Å². The summed E-state index contributed by atoms with van der Waals surface area (Å²) in [5, 5.41) is 23.2. The normalized spacial score (nSPS) is 12.5. The molecule has 0 aliphatic carbocycles. The molecule has 2 unspecified atom stereocenters. The fourth-order valence-corrected chi connectivity index (χ4v) is 5.28. The first kappa shape index (κ1) is 20.1. The van der Waals surface area contributed by atoms with E-state index in [4.69, 9.17) is 20.9 Å². The Hall–Kier alpha value is -2.69. The molecule has 0 aliphatic heterocycles. The molecule has 0 bridgehead atoms. The van der Waals surface area contributed by atoms with Crippen LogP contribution < -0.4 is 15.1 Å². The summed E-state index contributed by atoms with van der Waals surface area (Å²) in [7, 11) is 1.97. The van der Waals surface area contributed by atoms with Crippen molar-refractivity contribution in [3.63, 3.8) is 0 Å². The molecule has 0 saturated heterocycles. The van der Waals surface area contributed by atoms with Gasteiger partial charge in [0.05, 0.1) is 0 Å². The molecule has 0 aliphatic rings. The van der Waals surface area contributed by atoms with Crippen molar-refractivity contribution in [1.29, 1.82) is 5.26 Å². The van der Waals surface area contributed by atoms with Gasteiger partial charge < -0.3 is 0 Å². The van der Waals surface area contributed by atoms with Gasteiger partial charge in [-0.1, -0.05) is 0 Å². The summed E-state index contributed by atoms with van der Waals surface area (Å²) in [5.41, 5.74) is 8.22. The topological polar surface area (TPSA) is 129 Å².